The van der Waals surface area contributed by atoms with Crippen molar-refractivity contribution in [3.05, 3.63) is 28.8 Å². The van der Waals surface area contributed by atoms with Gasteiger partial charge >= 0.3 is 6.09 Å². The number of carbonyl (C=O) groups is 2. The molecule has 1 aliphatic heterocycles. The second kappa shape index (κ2) is 10.1. The van der Waals surface area contributed by atoms with Gasteiger partial charge in [0, 0.05) is 18.7 Å². The molecule has 1 aliphatic rings. The molecule has 1 unspecified atom stereocenters. The van der Waals surface area contributed by atoms with Gasteiger partial charge < -0.3 is 14.4 Å². The maximum atomic E-state index is 12.1. The van der Waals surface area contributed by atoms with Crippen molar-refractivity contribution in [1.29, 1.82) is 0 Å². The Bertz CT molecular complexity index is 663. The Morgan fingerprint density at radius 3 is 2.57 bits per heavy atom. The summed E-state index contributed by atoms with van der Waals surface area (Å²) in [5.74, 6) is 1.87. The maximum absolute atomic E-state index is 12.1. The molecule has 0 spiro atoms. The first-order valence-corrected chi connectivity index (χ1v) is 10.4. The van der Waals surface area contributed by atoms with Crippen molar-refractivity contribution in [1.82, 2.24) is 4.90 Å². The van der Waals surface area contributed by atoms with Crippen molar-refractivity contribution in [2.24, 2.45) is 11.8 Å². The molecule has 1 fully saturated rings. The molecule has 0 saturated carbocycles. The largest absolute Gasteiger partial charge is 0.494 e. The van der Waals surface area contributed by atoms with E-state index in [0.717, 1.165) is 45.1 Å². The molecule has 6 heteroatoms. The lowest BCUT2D eigenvalue weighted by atomic mass is 9.87. The molecule has 156 valence electrons. The molecule has 28 heavy (non-hydrogen) atoms. The van der Waals surface area contributed by atoms with Crippen molar-refractivity contribution in [2.75, 3.05) is 19.7 Å². The van der Waals surface area contributed by atoms with E-state index in [-0.39, 0.29) is 6.09 Å². The van der Waals surface area contributed by atoms with Crippen LogP contribution >= 0.6 is 11.6 Å². The molecule has 0 aromatic heterocycles. The van der Waals surface area contributed by atoms with Crippen LogP contribution in [0.1, 0.15) is 63.7 Å². The Morgan fingerprint density at radius 1 is 1.32 bits per heavy atom. The lowest BCUT2D eigenvalue weighted by molar-refractivity contribution is 0.0175. The Morgan fingerprint density at radius 2 is 2.00 bits per heavy atom. The number of aldehydes is 1. The molecule has 0 aliphatic carbocycles. The Labute approximate surface area is 173 Å². The van der Waals surface area contributed by atoms with E-state index in [1.807, 2.05) is 25.7 Å². The second-order valence-electron chi connectivity index (χ2n) is 8.69. The molecule has 1 saturated heterocycles. The van der Waals surface area contributed by atoms with E-state index >= 15 is 0 Å². The second-order valence-corrected chi connectivity index (χ2v) is 9.10. The number of nitrogens with zero attached hydrogens (tertiary/aromatic N) is 1. The summed E-state index contributed by atoms with van der Waals surface area (Å²) in [5, 5.41) is 0.414. The van der Waals surface area contributed by atoms with Crippen LogP contribution in [0, 0.1) is 11.8 Å². The normalized spacial score (nSPS) is 16.5. The summed E-state index contributed by atoms with van der Waals surface area (Å²) in [6.07, 6.45) is 4.67. The van der Waals surface area contributed by atoms with Crippen LogP contribution in [0.3, 0.4) is 0 Å². The van der Waals surface area contributed by atoms with Gasteiger partial charge in [-0.2, -0.15) is 0 Å². The van der Waals surface area contributed by atoms with E-state index in [4.69, 9.17) is 21.1 Å². The summed E-state index contributed by atoms with van der Waals surface area (Å²) in [6.45, 7) is 10.1. The zero-order valence-electron chi connectivity index (χ0n) is 17.4. The number of hydrogen-bond acceptors (Lipinski definition) is 4. The molecule has 1 atom stereocenters. The molecule has 1 aromatic rings. The first kappa shape index (κ1) is 22.5. The number of halogens is 1. The molecule has 1 heterocycles. The highest BCUT2D eigenvalue weighted by atomic mass is 35.5. The first-order valence-electron chi connectivity index (χ1n) is 10.0. The van der Waals surface area contributed by atoms with Crippen LogP contribution in [-0.4, -0.2) is 42.6 Å². The quantitative estimate of drug-likeness (QED) is 0.550. The molecule has 2 rings (SSSR count). The zero-order chi connectivity index (χ0) is 20.7. The Kier molecular flexibility index (Phi) is 8.17. The summed E-state index contributed by atoms with van der Waals surface area (Å²) >= 11 is 6.02. The summed E-state index contributed by atoms with van der Waals surface area (Å²) < 4.78 is 11.2. The molecule has 0 bridgehead atoms. The van der Waals surface area contributed by atoms with Crippen LogP contribution in [0.25, 0.3) is 0 Å². The van der Waals surface area contributed by atoms with Gasteiger partial charge in [0.2, 0.25) is 0 Å². The highest BCUT2D eigenvalue weighted by molar-refractivity contribution is 6.33. The minimum absolute atomic E-state index is 0.202. The van der Waals surface area contributed by atoms with E-state index in [9.17, 15) is 9.59 Å². The first-order chi connectivity index (χ1) is 13.2. The van der Waals surface area contributed by atoms with Crippen LogP contribution in [-0.2, 0) is 4.74 Å². The summed E-state index contributed by atoms with van der Waals surface area (Å²) in [5.41, 5.74) is 0.0281. The number of carbonyl (C=O) groups excluding carboxylic acids is 2. The van der Waals surface area contributed by atoms with Crippen molar-refractivity contribution in [3.63, 3.8) is 0 Å². The Hall–Kier alpha value is -1.75. The molecule has 0 radical (unpaired) electrons. The highest BCUT2D eigenvalue weighted by Gasteiger charge is 2.27. The maximum Gasteiger partial charge on any atom is 0.410 e. The molecule has 0 N–H and O–H groups in total. The van der Waals surface area contributed by atoms with E-state index in [1.165, 1.54) is 0 Å². The average molecular weight is 410 g/mol. The molecular formula is C22H32ClNO4. The van der Waals surface area contributed by atoms with Gasteiger partial charge in [0.15, 0.2) is 6.29 Å². The smallest absolute Gasteiger partial charge is 0.410 e. The van der Waals surface area contributed by atoms with Gasteiger partial charge in [-0.15, -0.1) is 0 Å². The molecule has 1 amide bonds. The third-order valence-corrected chi connectivity index (χ3v) is 5.31. The Balaban J connectivity index is 1.67. The van der Waals surface area contributed by atoms with Crippen LogP contribution in [0.4, 0.5) is 4.79 Å². The monoisotopic (exact) mass is 409 g/mol. The number of rotatable bonds is 7. The van der Waals surface area contributed by atoms with Crippen LogP contribution in [0.2, 0.25) is 5.02 Å². The lowest BCUT2D eigenvalue weighted by Crippen LogP contribution is -2.41. The molecule has 5 nitrogen and oxygen atoms in total. The van der Waals surface area contributed by atoms with Gasteiger partial charge in [-0.25, -0.2) is 4.79 Å². The molecular weight excluding hydrogens is 378 g/mol. The van der Waals surface area contributed by atoms with Gasteiger partial charge in [-0.1, -0.05) is 18.5 Å². The summed E-state index contributed by atoms with van der Waals surface area (Å²) in [4.78, 5) is 24.8. The third kappa shape index (κ3) is 7.34. The summed E-state index contributed by atoms with van der Waals surface area (Å²) in [7, 11) is 0. The van der Waals surface area contributed by atoms with Crippen LogP contribution in [0.15, 0.2) is 18.2 Å². The average Bonchev–Trinajstić information content (AvgIpc) is 2.61. The SMILES string of the molecule is CC(CCOc1ccc(C=O)c(Cl)c1)CC1CCN(C(=O)OC(C)(C)C)CC1. The third-order valence-electron chi connectivity index (χ3n) is 4.98. The van der Waals surface area contributed by atoms with E-state index in [1.54, 1.807) is 18.2 Å². The molecule has 1 aromatic carbocycles. The van der Waals surface area contributed by atoms with E-state index < -0.39 is 5.60 Å². The lowest BCUT2D eigenvalue weighted by Gasteiger charge is -2.34. The number of hydrogen-bond donors (Lipinski definition) is 0. The fraction of sp³-hybridized carbons (Fsp3) is 0.636. The summed E-state index contributed by atoms with van der Waals surface area (Å²) in [6, 6.07) is 5.13. The predicted octanol–water partition coefficient (Wildman–Crippen LogP) is 5.59. The highest BCUT2D eigenvalue weighted by Crippen LogP contribution is 2.27. The standard InChI is InChI=1S/C22H32ClNO4/c1-16(9-12-27-19-6-5-18(15-25)20(23)14-19)13-17-7-10-24(11-8-17)21(26)28-22(2,3)4/h5-6,14-17H,7-13H2,1-4H3. The van der Waals surface area contributed by atoms with Gasteiger partial charge in [-0.3, -0.25) is 4.79 Å². The number of likely N-dealkylation sites (tertiary alicyclic amines) is 1. The van der Waals surface area contributed by atoms with Crippen molar-refractivity contribution < 1.29 is 19.1 Å². The fourth-order valence-corrected chi connectivity index (χ4v) is 3.65. The van der Waals surface area contributed by atoms with Gasteiger partial charge in [0.1, 0.15) is 11.4 Å². The number of ether oxygens (including phenoxy) is 2. The number of amides is 1. The number of piperidine rings is 1. The minimum atomic E-state index is -0.444. The topological polar surface area (TPSA) is 55.8 Å². The van der Waals surface area contributed by atoms with Gasteiger partial charge in [0.25, 0.3) is 0 Å². The van der Waals surface area contributed by atoms with E-state index in [0.29, 0.717) is 34.8 Å². The predicted molar refractivity (Wildman–Crippen MR) is 111 cm³/mol. The van der Waals surface area contributed by atoms with Crippen LogP contribution < -0.4 is 4.74 Å². The fourth-order valence-electron chi connectivity index (χ4n) is 3.44. The van der Waals surface area contributed by atoms with Crippen molar-refractivity contribution in [3.8, 4) is 5.75 Å². The number of benzene rings is 1. The van der Waals surface area contributed by atoms with Crippen molar-refractivity contribution >= 4 is 24.0 Å². The minimum Gasteiger partial charge on any atom is -0.494 e. The van der Waals surface area contributed by atoms with Gasteiger partial charge in [0.05, 0.1) is 11.6 Å². The van der Waals surface area contributed by atoms with Crippen molar-refractivity contribution in [2.45, 2.75) is 59.0 Å². The van der Waals surface area contributed by atoms with Crippen LogP contribution in [0.5, 0.6) is 5.75 Å². The zero-order valence-corrected chi connectivity index (χ0v) is 18.1. The van der Waals surface area contributed by atoms with E-state index in [2.05, 4.69) is 6.92 Å². The van der Waals surface area contributed by atoms with Gasteiger partial charge in [-0.05, 0) is 76.5 Å².